The number of benzene rings is 1. The molecule has 1 aromatic carbocycles. The van der Waals surface area contributed by atoms with E-state index in [2.05, 4.69) is 77.6 Å². The van der Waals surface area contributed by atoms with E-state index in [9.17, 15) is 0 Å². The molecule has 3 rings (SSSR count). The van der Waals surface area contributed by atoms with Crippen molar-refractivity contribution >= 4 is 18.2 Å². The van der Waals surface area contributed by atoms with Crippen molar-refractivity contribution < 1.29 is 14.0 Å². The molecular formula is C22H34BNO3. The number of hydrogen-bond donors (Lipinski definition) is 0. The molecule has 1 fully saturated rings. The van der Waals surface area contributed by atoms with Gasteiger partial charge in [-0.15, -0.1) is 0 Å². The van der Waals surface area contributed by atoms with Crippen LogP contribution in [0.1, 0.15) is 60.5 Å². The largest absolute Gasteiger partial charge is 0.496 e. The molecule has 0 spiro atoms. The maximum atomic E-state index is 6.19. The summed E-state index contributed by atoms with van der Waals surface area (Å²) in [4.78, 5) is 2.50. The van der Waals surface area contributed by atoms with Crippen LogP contribution in [0.15, 0.2) is 24.3 Å². The number of rotatable bonds is 3. The first-order chi connectivity index (χ1) is 12.4. The Morgan fingerprint density at radius 3 is 2.19 bits per heavy atom. The number of methoxy groups -OCH3 is 1. The summed E-state index contributed by atoms with van der Waals surface area (Å²) in [7, 11) is 1.37. The van der Waals surface area contributed by atoms with Crippen molar-refractivity contribution in [1.29, 1.82) is 0 Å². The lowest BCUT2D eigenvalue weighted by Gasteiger charge is -2.37. The minimum Gasteiger partial charge on any atom is -0.496 e. The minimum absolute atomic E-state index is 0.201. The second-order valence-corrected chi connectivity index (χ2v) is 9.64. The van der Waals surface area contributed by atoms with Crippen molar-refractivity contribution in [1.82, 2.24) is 4.90 Å². The van der Waals surface area contributed by atoms with Crippen molar-refractivity contribution in [3.63, 3.8) is 0 Å². The lowest BCUT2D eigenvalue weighted by molar-refractivity contribution is 0.00578. The molecule has 0 aliphatic carbocycles. The van der Waals surface area contributed by atoms with Crippen LogP contribution < -0.4 is 10.2 Å². The third kappa shape index (κ3) is 3.96. The molecule has 0 bridgehead atoms. The number of ether oxygens (including phenoxy) is 1. The van der Waals surface area contributed by atoms with E-state index < -0.39 is 0 Å². The van der Waals surface area contributed by atoms with Crippen molar-refractivity contribution in [3.8, 4) is 5.75 Å². The fraction of sp³-hybridized carbons (Fsp3) is 0.636. The van der Waals surface area contributed by atoms with Crippen LogP contribution in [-0.4, -0.2) is 49.0 Å². The second kappa shape index (κ2) is 6.95. The summed E-state index contributed by atoms with van der Waals surface area (Å²) < 4.78 is 18.1. The molecule has 2 aliphatic heterocycles. The van der Waals surface area contributed by atoms with E-state index in [-0.39, 0.29) is 23.9 Å². The molecular weight excluding hydrogens is 337 g/mol. The Kier molecular flexibility index (Phi) is 5.26. The van der Waals surface area contributed by atoms with Gasteiger partial charge in [0.25, 0.3) is 0 Å². The maximum Gasteiger partial charge on any atom is 0.494 e. The molecule has 0 radical (unpaired) electrons. The Balaban J connectivity index is 1.83. The highest BCUT2D eigenvalue weighted by atomic mass is 16.7. The first-order valence-electron chi connectivity index (χ1n) is 9.93. The molecule has 0 amide bonds. The van der Waals surface area contributed by atoms with Gasteiger partial charge in [-0.05, 0) is 72.0 Å². The Morgan fingerprint density at radius 2 is 1.70 bits per heavy atom. The van der Waals surface area contributed by atoms with E-state index in [1.807, 2.05) is 0 Å². The zero-order valence-electron chi connectivity index (χ0n) is 18.2. The van der Waals surface area contributed by atoms with Gasteiger partial charge in [0.2, 0.25) is 0 Å². The molecule has 0 unspecified atom stereocenters. The summed E-state index contributed by atoms with van der Waals surface area (Å²) in [6.45, 7) is 17.2. The van der Waals surface area contributed by atoms with Crippen LogP contribution in [0.3, 0.4) is 0 Å². The van der Waals surface area contributed by atoms with Crippen LogP contribution in [0.4, 0.5) is 0 Å². The lowest BCUT2D eigenvalue weighted by Crippen LogP contribution is -2.43. The fourth-order valence-corrected chi connectivity index (χ4v) is 3.62. The van der Waals surface area contributed by atoms with Crippen molar-refractivity contribution in [2.75, 3.05) is 20.2 Å². The highest BCUT2D eigenvalue weighted by Crippen LogP contribution is 2.37. The third-order valence-corrected chi connectivity index (χ3v) is 6.25. The van der Waals surface area contributed by atoms with E-state index in [1.54, 1.807) is 7.11 Å². The van der Waals surface area contributed by atoms with Gasteiger partial charge in [-0.1, -0.05) is 18.2 Å². The smallest absolute Gasteiger partial charge is 0.494 e. The molecule has 27 heavy (non-hydrogen) atoms. The van der Waals surface area contributed by atoms with Gasteiger partial charge in [0.15, 0.2) is 0 Å². The summed E-state index contributed by atoms with van der Waals surface area (Å²) >= 11 is 0. The Labute approximate surface area is 165 Å². The zero-order chi connectivity index (χ0) is 20.0. The summed E-state index contributed by atoms with van der Waals surface area (Å²) in [5.41, 5.74) is 3.05. The van der Waals surface area contributed by atoms with Gasteiger partial charge in [-0.25, -0.2) is 0 Å². The predicted octanol–water partition coefficient (Wildman–Crippen LogP) is 3.88. The third-order valence-electron chi connectivity index (χ3n) is 6.25. The molecule has 0 atom stereocenters. The monoisotopic (exact) mass is 371 g/mol. The fourth-order valence-electron chi connectivity index (χ4n) is 3.62. The molecule has 0 N–H and O–H groups in total. The molecule has 0 aromatic heterocycles. The number of hydrogen-bond acceptors (Lipinski definition) is 4. The van der Waals surface area contributed by atoms with E-state index in [4.69, 9.17) is 14.0 Å². The molecule has 2 aliphatic rings. The van der Waals surface area contributed by atoms with Crippen molar-refractivity contribution in [3.05, 3.63) is 29.8 Å². The predicted molar refractivity (Wildman–Crippen MR) is 113 cm³/mol. The van der Waals surface area contributed by atoms with Gasteiger partial charge in [0.05, 0.1) is 18.3 Å². The van der Waals surface area contributed by atoms with Crippen LogP contribution in [0, 0.1) is 0 Å². The summed E-state index contributed by atoms with van der Waals surface area (Å²) in [5.74, 6) is 0.887. The first-order valence-corrected chi connectivity index (χ1v) is 9.93. The standard InChI is InChI=1S/C22H34BNO3/c1-20(2,3)24-13-11-16(12-14-24)18-10-9-17(15-19(18)25-8)23-26-21(4,5)22(6,7)27-23/h9-11,15H,12-14H2,1-8H3. The van der Waals surface area contributed by atoms with Crippen molar-refractivity contribution in [2.45, 2.75) is 71.6 Å². The quantitative estimate of drug-likeness (QED) is 0.755. The van der Waals surface area contributed by atoms with Crippen LogP contribution in [0.5, 0.6) is 5.75 Å². The van der Waals surface area contributed by atoms with Gasteiger partial charge in [-0.3, -0.25) is 4.90 Å². The topological polar surface area (TPSA) is 30.9 Å². The second-order valence-electron chi connectivity index (χ2n) is 9.64. The van der Waals surface area contributed by atoms with E-state index >= 15 is 0 Å². The van der Waals surface area contributed by atoms with Gasteiger partial charge in [0.1, 0.15) is 5.75 Å². The zero-order valence-corrected chi connectivity index (χ0v) is 18.2. The van der Waals surface area contributed by atoms with Gasteiger partial charge in [0, 0.05) is 24.2 Å². The Morgan fingerprint density at radius 1 is 1.07 bits per heavy atom. The molecule has 5 heteroatoms. The molecule has 2 heterocycles. The van der Waals surface area contributed by atoms with E-state index in [0.29, 0.717) is 0 Å². The average Bonchev–Trinajstić information content (AvgIpc) is 2.81. The van der Waals surface area contributed by atoms with Crippen LogP contribution in [0.2, 0.25) is 0 Å². The van der Waals surface area contributed by atoms with Gasteiger partial charge >= 0.3 is 7.12 Å². The summed E-state index contributed by atoms with van der Waals surface area (Å²) in [5, 5.41) is 0. The van der Waals surface area contributed by atoms with Crippen LogP contribution in [0.25, 0.3) is 5.57 Å². The number of nitrogens with zero attached hydrogens (tertiary/aromatic N) is 1. The summed E-state index contributed by atoms with van der Waals surface area (Å²) in [6, 6.07) is 6.32. The maximum absolute atomic E-state index is 6.19. The lowest BCUT2D eigenvalue weighted by atomic mass is 9.78. The van der Waals surface area contributed by atoms with Crippen molar-refractivity contribution in [2.24, 2.45) is 0 Å². The van der Waals surface area contributed by atoms with Gasteiger partial charge in [-0.2, -0.15) is 0 Å². The molecule has 0 saturated carbocycles. The van der Waals surface area contributed by atoms with Gasteiger partial charge < -0.3 is 14.0 Å². The normalized spacial score (nSPS) is 22.7. The SMILES string of the molecule is COc1cc(B2OC(C)(C)C(C)(C)O2)ccc1C1=CCN(C(C)(C)C)CC1. The highest BCUT2D eigenvalue weighted by molar-refractivity contribution is 6.62. The van der Waals surface area contributed by atoms with E-state index in [1.165, 1.54) is 11.1 Å². The molecule has 4 nitrogen and oxygen atoms in total. The Hall–Kier alpha value is -1.30. The van der Waals surface area contributed by atoms with Crippen LogP contribution in [-0.2, 0) is 9.31 Å². The van der Waals surface area contributed by atoms with E-state index in [0.717, 1.165) is 30.7 Å². The molecule has 1 aromatic rings. The average molecular weight is 371 g/mol. The Bertz CT molecular complexity index is 718. The van der Waals surface area contributed by atoms with Crippen LogP contribution >= 0.6 is 0 Å². The first kappa shape index (κ1) is 20.4. The molecule has 148 valence electrons. The summed E-state index contributed by atoms with van der Waals surface area (Å²) in [6.07, 6.45) is 3.37. The highest BCUT2D eigenvalue weighted by Gasteiger charge is 2.51. The minimum atomic E-state index is -0.366. The molecule has 1 saturated heterocycles.